The predicted octanol–water partition coefficient (Wildman–Crippen LogP) is 0.836. The molecule has 0 saturated carbocycles. The summed E-state index contributed by atoms with van der Waals surface area (Å²) in [4.78, 5) is 13.6. The quantitative estimate of drug-likeness (QED) is 0.743. The van der Waals surface area contributed by atoms with Crippen molar-refractivity contribution in [2.45, 2.75) is 12.5 Å². The molecule has 90 valence electrons. The first-order chi connectivity index (χ1) is 8.07. The highest BCUT2D eigenvalue weighted by atomic mass is 32.2. The van der Waals surface area contributed by atoms with Gasteiger partial charge >= 0.3 is 0 Å². The van der Waals surface area contributed by atoms with Crippen LogP contribution in [0.4, 0.5) is 5.69 Å². The largest absolute Gasteiger partial charge is 0.308 e. The normalized spacial score (nSPS) is 30.6. The molecule has 0 unspecified atom stereocenters. The van der Waals surface area contributed by atoms with E-state index in [9.17, 15) is 13.2 Å². The summed E-state index contributed by atoms with van der Waals surface area (Å²) in [6.07, 6.45) is 0.360. The summed E-state index contributed by atoms with van der Waals surface area (Å²) in [5.41, 5.74) is 0.808. The lowest BCUT2D eigenvalue weighted by atomic mass is 10.1. The maximum atomic E-state index is 11.9. The zero-order valence-electron chi connectivity index (χ0n) is 9.24. The van der Waals surface area contributed by atoms with E-state index in [-0.39, 0.29) is 29.4 Å². The summed E-state index contributed by atoms with van der Waals surface area (Å²) in [5.74, 6) is 0.291. The Bertz CT molecular complexity index is 552. The molecule has 1 aromatic rings. The van der Waals surface area contributed by atoms with Crippen molar-refractivity contribution in [1.29, 1.82) is 0 Å². The fourth-order valence-corrected chi connectivity index (χ4v) is 4.88. The number of para-hydroxylation sites is 1. The molecule has 0 aromatic heterocycles. The minimum absolute atomic E-state index is 0.0206. The van der Waals surface area contributed by atoms with Crippen LogP contribution in [0.25, 0.3) is 0 Å². The van der Waals surface area contributed by atoms with Gasteiger partial charge in [-0.05, 0) is 12.1 Å². The molecule has 17 heavy (non-hydrogen) atoms. The number of hydrogen-bond acceptors (Lipinski definition) is 3. The first kappa shape index (κ1) is 10.8. The van der Waals surface area contributed by atoms with E-state index >= 15 is 0 Å². The molecule has 5 heteroatoms. The standard InChI is InChI=1S/C12H13NO3S/c14-12-6-9-7-17(15,16)8-11(9)13(12)10-4-2-1-3-5-10/h1-5,9,11H,6-8H2/t9-,11-/m0/s1. The molecule has 2 saturated heterocycles. The molecule has 0 radical (unpaired) electrons. The molecule has 2 aliphatic heterocycles. The predicted molar refractivity (Wildman–Crippen MR) is 64.5 cm³/mol. The number of nitrogens with zero attached hydrogens (tertiary/aromatic N) is 1. The molecule has 0 aliphatic carbocycles. The van der Waals surface area contributed by atoms with Gasteiger partial charge in [0.2, 0.25) is 5.91 Å². The highest BCUT2D eigenvalue weighted by molar-refractivity contribution is 7.91. The van der Waals surface area contributed by atoms with E-state index < -0.39 is 9.84 Å². The van der Waals surface area contributed by atoms with Gasteiger partial charge in [0.05, 0.1) is 17.5 Å². The minimum Gasteiger partial charge on any atom is -0.308 e. The van der Waals surface area contributed by atoms with Crippen molar-refractivity contribution in [3.63, 3.8) is 0 Å². The Kier molecular flexibility index (Phi) is 2.26. The van der Waals surface area contributed by atoms with E-state index in [0.29, 0.717) is 6.42 Å². The van der Waals surface area contributed by atoms with Crippen LogP contribution >= 0.6 is 0 Å². The minimum atomic E-state index is -2.96. The van der Waals surface area contributed by atoms with Crippen molar-refractivity contribution in [3.8, 4) is 0 Å². The van der Waals surface area contributed by atoms with Crippen molar-refractivity contribution in [3.05, 3.63) is 30.3 Å². The van der Waals surface area contributed by atoms with E-state index in [2.05, 4.69) is 0 Å². The number of carbonyl (C=O) groups is 1. The average Bonchev–Trinajstić information content (AvgIpc) is 2.69. The van der Waals surface area contributed by atoms with E-state index in [1.165, 1.54) is 0 Å². The molecule has 0 bridgehead atoms. The third-order valence-electron chi connectivity index (χ3n) is 3.51. The fourth-order valence-electron chi connectivity index (χ4n) is 2.81. The van der Waals surface area contributed by atoms with Crippen LogP contribution in [-0.2, 0) is 14.6 Å². The Labute approximate surface area is 100 Å². The molecule has 2 aliphatic rings. The first-order valence-electron chi connectivity index (χ1n) is 5.64. The lowest BCUT2D eigenvalue weighted by molar-refractivity contribution is -0.117. The van der Waals surface area contributed by atoms with Crippen molar-refractivity contribution in [2.75, 3.05) is 16.4 Å². The average molecular weight is 251 g/mol. The molecule has 1 aromatic carbocycles. The Morgan fingerprint density at radius 2 is 1.82 bits per heavy atom. The monoisotopic (exact) mass is 251 g/mol. The summed E-state index contributed by atoms with van der Waals surface area (Å²) in [6, 6.07) is 9.15. The molecule has 2 atom stereocenters. The smallest absolute Gasteiger partial charge is 0.227 e. The number of hydrogen-bond donors (Lipinski definition) is 0. The number of rotatable bonds is 1. The van der Waals surface area contributed by atoms with Crippen LogP contribution in [0.2, 0.25) is 0 Å². The summed E-state index contributed by atoms with van der Waals surface area (Å²) in [7, 11) is -2.96. The molecular weight excluding hydrogens is 238 g/mol. The van der Waals surface area contributed by atoms with Gasteiger partial charge in [-0.1, -0.05) is 18.2 Å². The molecule has 4 nitrogen and oxygen atoms in total. The molecule has 3 rings (SSSR count). The second-order valence-corrected chi connectivity index (χ2v) is 6.86. The van der Waals surface area contributed by atoms with Crippen LogP contribution in [0.5, 0.6) is 0 Å². The Hall–Kier alpha value is -1.36. The van der Waals surface area contributed by atoms with Crippen LogP contribution in [0.1, 0.15) is 6.42 Å². The van der Waals surface area contributed by atoms with Crippen LogP contribution in [0.3, 0.4) is 0 Å². The SMILES string of the molecule is O=C1C[C@H]2CS(=O)(=O)C[C@@H]2N1c1ccccc1. The number of carbonyl (C=O) groups excluding carboxylic acids is 1. The number of sulfone groups is 1. The number of anilines is 1. The fraction of sp³-hybridized carbons (Fsp3) is 0.417. The lowest BCUT2D eigenvalue weighted by Gasteiger charge is -2.23. The van der Waals surface area contributed by atoms with Gasteiger partial charge in [-0.25, -0.2) is 8.42 Å². The van der Waals surface area contributed by atoms with E-state index in [1.54, 1.807) is 4.90 Å². The number of amides is 1. The van der Waals surface area contributed by atoms with Crippen molar-refractivity contribution in [2.24, 2.45) is 5.92 Å². The first-order valence-corrected chi connectivity index (χ1v) is 7.46. The Morgan fingerprint density at radius 3 is 2.53 bits per heavy atom. The Morgan fingerprint density at radius 1 is 1.12 bits per heavy atom. The summed E-state index contributed by atoms with van der Waals surface area (Å²) in [5, 5.41) is 0. The summed E-state index contributed by atoms with van der Waals surface area (Å²) >= 11 is 0. The van der Waals surface area contributed by atoms with Gasteiger partial charge in [0.25, 0.3) is 0 Å². The third-order valence-corrected chi connectivity index (χ3v) is 5.29. The number of fused-ring (bicyclic) bond motifs is 1. The summed E-state index contributed by atoms with van der Waals surface area (Å²) < 4.78 is 23.2. The highest BCUT2D eigenvalue weighted by Crippen LogP contribution is 2.36. The van der Waals surface area contributed by atoms with Gasteiger partial charge in [-0.2, -0.15) is 0 Å². The van der Waals surface area contributed by atoms with Gasteiger partial charge in [-0.15, -0.1) is 0 Å². The van der Waals surface area contributed by atoms with Gasteiger partial charge in [-0.3, -0.25) is 4.79 Å². The van der Waals surface area contributed by atoms with Crippen LogP contribution in [0.15, 0.2) is 30.3 Å². The van der Waals surface area contributed by atoms with Crippen molar-refractivity contribution in [1.82, 2.24) is 0 Å². The zero-order valence-corrected chi connectivity index (χ0v) is 10.1. The topological polar surface area (TPSA) is 54.5 Å². The summed E-state index contributed by atoms with van der Waals surface area (Å²) in [6.45, 7) is 0. The van der Waals surface area contributed by atoms with E-state index in [1.807, 2.05) is 30.3 Å². The maximum absolute atomic E-state index is 11.9. The number of benzene rings is 1. The maximum Gasteiger partial charge on any atom is 0.227 e. The molecule has 2 heterocycles. The molecule has 2 fully saturated rings. The zero-order chi connectivity index (χ0) is 12.0. The van der Waals surface area contributed by atoms with Crippen molar-refractivity contribution < 1.29 is 13.2 Å². The van der Waals surface area contributed by atoms with E-state index in [4.69, 9.17) is 0 Å². The Balaban J connectivity index is 1.98. The lowest BCUT2D eigenvalue weighted by Crippen LogP contribution is -2.36. The van der Waals surface area contributed by atoms with Crippen LogP contribution in [0, 0.1) is 5.92 Å². The van der Waals surface area contributed by atoms with Gasteiger partial charge < -0.3 is 4.90 Å². The molecule has 0 spiro atoms. The van der Waals surface area contributed by atoms with Gasteiger partial charge in [0.15, 0.2) is 9.84 Å². The van der Waals surface area contributed by atoms with Gasteiger partial charge in [0, 0.05) is 18.0 Å². The van der Waals surface area contributed by atoms with Crippen LogP contribution in [-0.4, -0.2) is 31.9 Å². The van der Waals surface area contributed by atoms with Crippen LogP contribution < -0.4 is 4.90 Å². The second-order valence-electron chi connectivity index (χ2n) is 4.71. The van der Waals surface area contributed by atoms with Gasteiger partial charge in [0.1, 0.15) is 0 Å². The highest BCUT2D eigenvalue weighted by Gasteiger charge is 2.49. The second kappa shape index (κ2) is 3.57. The third kappa shape index (κ3) is 1.74. The molecular formula is C12H13NO3S. The van der Waals surface area contributed by atoms with E-state index in [0.717, 1.165) is 5.69 Å². The molecule has 0 N–H and O–H groups in total. The van der Waals surface area contributed by atoms with Crippen molar-refractivity contribution >= 4 is 21.4 Å². The molecule has 1 amide bonds.